The van der Waals surface area contributed by atoms with E-state index in [9.17, 15) is 13.6 Å². The number of hydrogen-bond donors (Lipinski definition) is 0. The second-order valence-electron chi connectivity index (χ2n) is 8.72. The first-order valence-electron chi connectivity index (χ1n) is 9.81. The minimum atomic E-state index is -0.672. The third-order valence-corrected chi connectivity index (χ3v) is 5.00. The number of rotatable bonds is 6. The third-order valence-electron chi connectivity index (χ3n) is 4.75. The van der Waals surface area contributed by atoms with Crippen LogP contribution in [0.25, 0.3) is 0 Å². The number of oxime groups is 1. The zero-order valence-corrected chi connectivity index (χ0v) is 18.0. The van der Waals surface area contributed by atoms with E-state index in [0.717, 1.165) is 17.3 Å². The molecule has 4 nitrogen and oxygen atoms in total. The van der Waals surface area contributed by atoms with Crippen LogP contribution >= 0.6 is 11.6 Å². The molecule has 0 saturated heterocycles. The van der Waals surface area contributed by atoms with Gasteiger partial charge in [-0.15, -0.1) is 0 Å². The predicted octanol–water partition coefficient (Wildman–Crippen LogP) is 5.58. The van der Waals surface area contributed by atoms with Gasteiger partial charge in [0.25, 0.3) is 0 Å². The van der Waals surface area contributed by atoms with Crippen LogP contribution in [0, 0.1) is 17.0 Å². The lowest BCUT2D eigenvalue weighted by atomic mass is 9.91. The molecular weight excluding hydrogens is 410 g/mol. The van der Waals surface area contributed by atoms with Gasteiger partial charge in [0.15, 0.2) is 6.10 Å². The van der Waals surface area contributed by atoms with Gasteiger partial charge in [-0.2, -0.15) is 0 Å². The summed E-state index contributed by atoms with van der Waals surface area (Å²) in [6.45, 7) is 6.20. The number of amides is 1. The van der Waals surface area contributed by atoms with Crippen molar-refractivity contribution < 1.29 is 18.4 Å². The first kappa shape index (κ1) is 22.2. The van der Waals surface area contributed by atoms with Crippen molar-refractivity contribution in [2.24, 2.45) is 10.6 Å². The van der Waals surface area contributed by atoms with Crippen molar-refractivity contribution in [3.63, 3.8) is 0 Å². The van der Waals surface area contributed by atoms with Crippen molar-refractivity contribution in [3.05, 3.63) is 70.2 Å². The Kier molecular flexibility index (Phi) is 6.76. The summed E-state index contributed by atoms with van der Waals surface area (Å²) in [6.07, 6.45) is 0.475. The van der Waals surface area contributed by atoms with E-state index in [4.69, 9.17) is 16.4 Å². The second kappa shape index (κ2) is 9.13. The number of hydrogen-bond acceptors (Lipinski definition) is 3. The molecule has 0 N–H and O–H groups in total. The van der Waals surface area contributed by atoms with E-state index in [-0.39, 0.29) is 36.1 Å². The molecule has 0 aliphatic carbocycles. The summed E-state index contributed by atoms with van der Waals surface area (Å²) in [5, 5.41) is 4.79. The molecular formula is C23H25ClF2N2O2. The third kappa shape index (κ3) is 6.02. The standard InChI is InChI=1S/C23H25ClF2N2O2/c1-23(2,3)12-22(29)28(13-16-6-9-18(25)10-20(16)26)14-19-11-21(27-30-19)15-4-7-17(24)8-5-15/h4-10,19H,11-14H2,1-3H3/t19-/m0/s1. The van der Waals surface area contributed by atoms with Crippen LogP contribution in [0.15, 0.2) is 47.6 Å². The first-order chi connectivity index (χ1) is 14.1. The summed E-state index contributed by atoms with van der Waals surface area (Å²) in [7, 11) is 0. The van der Waals surface area contributed by atoms with Gasteiger partial charge in [0.05, 0.1) is 12.3 Å². The quantitative estimate of drug-likeness (QED) is 0.595. The summed E-state index contributed by atoms with van der Waals surface area (Å²) in [5.41, 5.74) is 1.71. The topological polar surface area (TPSA) is 41.9 Å². The van der Waals surface area contributed by atoms with Crippen LogP contribution in [0.2, 0.25) is 5.02 Å². The van der Waals surface area contributed by atoms with E-state index >= 15 is 0 Å². The highest BCUT2D eigenvalue weighted by Crippen LogP contribution is 2.24. The molecule has 2 aromatic carbocycles. The first-order valence-corrected chi connectivity index (χ1v) is 10.2. The Morgan fingerprint density at radius 1 is 1.20 bits per heavy atom. The molecule has 0 unspecified atom stereocenters. The average molecular weight is 435 g/mol. The van der Waals surface area contributed by atoms with E-state index in [0.29, 0.717) is 17.9 Å². The van der Waals surface area contributed by atoms with E-state index < -0.39 is 11.6 Å². The molecule has 0 spiro atoms. The highest BCUT2D eigenvalue weighted by molar-refractivity contribution is 6.30. The molecule has 3 rings (SSSR count). The van der Waals surface area contributed by atoms with Crippen molar-refractivity contribution in [1.29, 1.82) is 0 Å². The van der Waals surface area contributed by atoms with Crippen molar-refractivity contribution in [1.82, 2.24) is 4.90 Å². The fourth-order valence-corrected chi connectivity index (χ4v) is 3.39. The summed E-state index contributed by atoms with van der Waals surface area (Å²) >= 11 is 5.93. The maximum Gasteiger partial charge on any atom is 0.223 e. The lowest BCUT2D eigenvalue weighted by molar-refractivity contribution is -0.135. The van der Waals surface area contributed by atoms with Crippen molar-refractivity contribution >= 4 is 23.2 Å². The van der Waals surface area contributed by atoms with Crippen LogP contribution in [0.4, 0.5) is 8.78 Å². The van der Waals surface area contributed by atoms with Crippen LogP contribution in [-0.4, -0.2) is 29.2 Å². The molecule has 0 saturated carbocycles. The molecule has 0 radical (unpaired) electrons. The zero-order valence-electron chi connectivity index (χ0n) is 17.3. The van der Waals surface area contributed by atoms with Gasteiger partial charge in [-0.3, -0.25) is 4.79 Å². The van der Waals surface area contributed by atoms with E-state index in [1.165, 1.54) is 12.1 Å². The predicted molar refractivity (Wildman–Crippen MR) is 113 cm³/mol. The fourth-order valence-electron chi connectivity index (χ4n) is 3.26. The molecule has 1 heterocycles. The lowest BCUT2D eigenvalue weighted by Crippen LogP contribution is -2.39. The van der Waals surface area contributed by atoms with Gasteiger partial charge >= 0.3 is 0 Å². The average Bonchev–Trinajstić information content (AvgIpc) is 3.11. The van der Waals surface area contributed by atoms with Gasteiger partial charge < -0.3 is 9.74 Å². The Hall–Kier alpha value is -2.47. The summed E-state index contributed by atoms with van der Waals surface area (Å²) < 4.78 is 27.5. The Morgan fingerprint density at radius 2 is 1.90 bits per heavy atom. The van der Waals surface area contributed by atoms with Crippen molar-refractivity contribution in [2.75, 3.05) is 6.54 Å². The minimum Gasteiger partial charge on any atom is -0.390 e. The van der Waals surface area contributed by atoms with Gasteiger partial charge in [0.2, 0.25) is 5.91 Å². The van der Waals surface area contributed by atoms with Crippen LogP contribution in [0.1, 0.15) is 44.7 Å². The van der Waals surface area contributed by atoms with Crippen LogP contribution in [-0.2, 0) is 16.2 Å². The van der Waals surface area contributed by atoms with Gasteiger partial charge in [-0.05, 0) is 29.2 Å². The number of carbonyl (C=O) groups excluding carboxylic acids is 1. The molecule has 0 bridgehead atoms. The molecule has 1 atom stereocenters. The number of halogens is 3. The Morgan fingerprint density at radius 3 is 2.53 bits per heavy atom. The van der Waals surface area contributed by atoms with E-state index in [1.807, 2.05) is 32.9 Å². The van der Waals surface area contributed by atoms with Crippen LogP contribution < -0.4 is 0 Å². The molecule has 2 aromatic rings. The molecule has 160 valence electrons. The van der Waals surface area contributed by atoms with Crippen LogP contribution in [0.5, 0.6) is 0 Å². The maximum atomic E-state index is 14.2. The SMILES string of the molecule is CC(C)(C)CC(=O)N(Cc1ccc(F)cc1F)C[C@@H]1CC(c2ccc(Cl)cc2)=NO1. The second-order valence-corrected chi connectivity index (χ2v) is 9.16. The highest BCUT2D eigenvalue weighted by Gasteiger charge is 2.29. The molecule has 30 heavy (non-hydrogen) atoms. The van der Waals surface area contributed by atoms with Crippen molar-refractivity contribution in [3.8, 4) is 0 Å². The summed E-state index contributed by atoms with van der Waals surface area (Å²) in [5.74, 6) is -1.44. The Bertz CT molecular complexity index is 939. The number of benzene rings is 2. The van der Waals surface area contributed by atoms with Gasteiger partial charge in [-0.25, -0.2) is 8.78 Å². The number of nitrogens with zero attached hydrogens (tertiary/aromatic N) is 2. The maximum absolute atomic E-state index is 14.2. The molecule has 7 heteroatoms. The molecule has 0 aromatic heterocycles. The van der Waals surface area contributed by atoms with Gasteiger partial charge in [0.1, 0.15) is 11.6 Å². The zero-order chi connectivity index (χ0) is 21.9. The monoisotopic (exact) mass is 434 g/mol. The fraction of sp³-hybridized carbons (Fsp3) is 0.391. The van der Waals surface area contributed by atoms with E-state index in [1.54, 1.807) is 17.0 Å². The van der Waals surface area contributed by atoms with Gasteiger partial charge in [0, 0.05) is 36.0 Å². The summed E-state index contributed by atoms with van der Waals surface area (Å²) in [6, 6.07) is 10.7. The lowest BCUT2D eigenvalue weighted by Gasteiger charge is -2.28. The van der Waals surface area contributed by atoms with Gasteiger partial charge in [-0.1, -0.05) is 55.7 Å². The smallest absolute Gasteiger partial charge is 0.223 e. The largest absolute Gasteiger partial charge is 0.390 e. The molecule has 0 fully saturated rings. The number of carbonyl (C=O) groups is 1. The normalized spacial score (nSPS) is 16.2. The molecule has 1 aliphatic heterocycles. The minimum absolute atomic E-state index is 0.0389. The highest BCUT2D eigenvalue weighted by atomic mass is 35.5. The molecule has 1 aliphatic rings. The summed E-state index contributed by atoms with van der Waals surface area (Å²) in [4.78, 5) is 20.1. The van der Waals surface area contributed by atoms with Crippen molar-refractivity contribution in [2.45, 2.75) is 46.3 Å². The van der Waals surface area contributed by atoms with E-state index in [2.05, 4.69) is 5.16 Å². The van der Waals surface area contributed by atoms with Crippen LogP contribution in [0.3, 0.4) is 0 Å². The Balaban J connectivity index is 1.72. The molecule has 1 amide bonds. The Labute approximate surface area is 180 Å².